The lowest BCUT2D eigenvalue weighted by atomic mass is 10.2. The first kappa shape index (κ1) is 11.0. The highest BCUT2D eigenvalue weighted by atomic mass is 16.5. The Morgan fingerprint density at radius 1 is 1.53 bits per heavy atom. The van der Waals surface area contributed by atoms with Crippen LogP contribution in [0.15, 0.2) is 24.3 Å². The fourth-order valence-corrected chi connectivity index (χ4v) is 1.19. The van der Waals surface area contributed by atoms with Gasteiger partial charge in [0.15, 0.2) is 0 Å². The molecular formula is C10H11NO4. The van der Waals surface area contributed by atoms with Crippen molar-refractivity contribution in [3.63, 3.8) is 0 Å². The van der Waals surface area contributed by atoms with Crippen LogP contribution in [0.1, 0.15) is 0 Å². The summed E-state index contributed by atoms with van der Waals surface area (Å²) >= 11 is 0. The summed E-state index contributed by atoms with van der Waals surface area (Å²) in [5.41, 5.74) is 0.442. The molecule has 15 heavy (non-hydrogen) atoms. The molecular weight excluding hydrogens is 198 g/mol. The van der Waals surface area contributed by atoms with E-state index < -0.39 is 5.97 Å². The first-order valence-electron chi connectivity index (χ1n) is 4.25. The number of hydrogen-bond donors (Lipinski definition) is 1. The first-order chi connectivity index (χ1) is 7.19. The summed E-state index contributed by atoms with van der Waals surface area (Å²) in [5.74, 6) is -0.612. The molecule has 0 fully saturated rings. The number of benzene rings is 1. The Morgan fingerprint density at radius 3 is 2.73 bits per heavy atom. The van der Waals surface area contributed by atoms with E-state index in [9.17, 15) is 9.59 Å². The molecule has 0 saturated heterocycles. The topological polar surface area (TPSA) is 66.8 Å². The number of carboxylic acid groups (broad SMARTS) is 1. The third-order valence-corrected chi connectivity index (χ3v) is 1.83. The maximum Gasteiger partial charge on any atom is 0.323 e. The summed E-state index contributed by atoms with van der Waals surface area (Å²) < 4.78 is 5.02. The van der Waals surface area contributed by atoms with Gasteiger partial charge in [-0.1, -0.05) is 12.1 Å². The van der Waals surface area contributed by atoms with Gasteiger partial charge in [0.2, 0.25) is 6.41 Å². The highest BCUT2D eigenvalue weighted by Crippen LogP contribution is 2.26. The van der Waals surface area contributed by atoms with Crippen molar-refractivity contribution in [2.24, 2.45) is 0 Å². The van der Waals surface area contributed by atoms with Gasteiger partial charge in [-0.3, -0.25) is 9.59 Å². The van der Waals surface area contributed by atoms with E-state index in [2.05, 4.69) is 0 Å². The zero-order valence-electron chi connectivity index (χ0n) is 8.21. The van der Waals surface area contributed by atoms with Crippen LogP contribution in [-0.2, 0) is 9.59 Å². The summed E-state index contributed by atoms with van der Waals surface area (Å²) in [4.78, 5) is 22.3. The second-order valence-corrected chi connectivity index (χ2v) is 2.80. The molecule has 0 aliphatic heterocycles. The number of para-hydroxylation sites is 2. The number of carboxylic acids is 1. The van der Waals surface area contributed by atoms with Crippen molar-refractivity contribution in [3.8, 4) is 5.75 Å². The molecule has 1 aromatic carbocycles. The van der Waals surface area contributed by atoms with Crippen LogP contribution in [0, 0.1) is 0 Å². The molecule has 0 bridgehead atoms. The zero-order valence-corrected chi connectivity index (χ0v) is 8.21. The molecule has 1 aromatic rings. The van der Waals surface area contributed by atoms with Crippen LogP contribution in [0.25, 0.3) is 0 Å². The molecule has 0 spiro atoms. The van der Waals surface area contributed by atoms with E-state index in [4.69, 9.17) is 9.84 Å². The number of rotatable bonds is 5. The van der Waals surface area contributed by atoms with Gasteiger partial charge in [0.25, 0.3) is 0 Å². The molecule has 80 valence electrons. The minimum Gasteiger partial charge on any atom is -0.495 e. The van der Waals surface area contributed by atoms with Crippen molar-refractivity contribution in [2.75, 3.05) is 18.6 Å². The van der Waals surface area contributed by atoms with Crippen molar-refractivity contribution >= 4 is 18.1 Å². The lowest BCUT2D eigenvalue weighted by Gasteiger charge is -2.17. The maximum atomic E-state index is 10.7. The Kier molecular flexibility index (Phi) is 3.68. The largest absolute Gasteiger partial charge is 0.495 e. The van der Waals surface area contributed by atoms with E-state index in [0.29, 0.717) is 17.8 Å². The standard InChI is InChI=1S/C10H11NO4/c1-15-9-5-3-2-4-8(9)11(7-12)6-10(13)14/h2-5,7H,6H2,1H3,(H,13,14). The van der Waals surface area contributed by atoms with Crippen LogP contribution in [0.4, 0.5) is 5.69 Å². The minimum absolute atomic E-state index is 0.385. The molecule has 1 amide bonds. The highest BCUT2D eigenvalue weighted by molar-refractivity contribution is 5.86. The first-order valence-corrected chi connectivity index (χ1v) is 4.25. The van der Waals surface area contributed by atoms with Crippen molar-refractivity contribution in [3.05, 3.63) is 24.3 Å². The molecule has 5 heteroatoms. The number of anilines is 1. The Balaban J connectivity index is 3.00. The van der Waals surface area contributed by atoms with Gasteiger partial charge in [-0.2, -0.15) is 0 Å². The Bertz CT molecular complexity index is 364. The number of carbonyl (C=O) groups is 2. The van der Waals surface area contributed by atoms with Crippen molar-refractivity contribution in [2.45, 2.75) is 0 Å². The van der Waals surface area contributed by atoms with Crippen LogP contribution >= 0.6 is 0 Å². The molecule has 1 N–H and O–H groups in total. The average molecular weight is 209 g/mol. The van der Waals surface area contributed by atoms with E-state index in [1.165, 1.54) is 7.11 Å². The van der Waals surface area contributed by atoms with Crippen LogP contribution in [-0.4, -0.2) is 31.1 Å². The molecule has 0 radical (unpaired) electrons. The molecule has 0 unspecified atom stereocenters. The van der Waals surface area contributed by atoms with E-state index in [0.717, 1.165) is 4.90 Å². The van der Waals surface area contributed by atoms with Crippen LogP contribution < -0.4 is 9.64 Å². The Labute approximate surface area is 86.9 Å². The predicted octanol–water partition coefficient (Wildman–Crippen LogP) is 0.743. The summed E-state index contributed by atoms with van der Waals surface area (Å²) in [7, 11) is 1.46. The van der Waals surface area contributed by atoms with E-state index in [-0.39, 0.29) is 6.54 Å². The molecule has 0 aromatic heterocycles. The molecule has 0 aliphatic carbocycles. The molecule has 5 nitrogen and oxygen atoms in total. The third kappa shape index (κ3) is 2.70. The number of hydrogen-bond acceptors (Lipinski definition) is 3. The molecule has 0 atom stereocenters. The fourth-order valence-electron chi connectivity index (χ4n) is 1.19. The SMILES string of the molecule is COc1ccccc1N(C=O)CC(=O)O. The van der Waals surface area contributed by atoms with Gasteiger partial charge in [0.1, 0.15) is 12.3 Å². The zero-order chi connectivity index (χ0) is 11.3. The van der Waals surface area contributed by atoms with Crippen LogP contribution in [0.2, 0.25) is 0 Å². The summed E-state index contributed by atoms with van der Waals surface area (Å²) in [6.07, 6.45) is 0.464. The van der Waals surface area contributed by atoms with Gasteiger partial charge in [0.05, 0.1) is 12.8 Å². The molecule has 0 aliphatic rings. The third-order valence-electron chi connectivity index (χ3n) is 1.83. The summed E-state index contributed by atoms with van der Waals surface area (Å²) in [6.45, 7) is -0.385. The number of methoxy groups -OCH3 is 1. The summed E-state index contributed by atoms with van der Waals surface area (Å²) in [5, 5.41) is 8.60. The second kappa shape index (κ2) is 4.99. The number of nitrogens with zero attached hydrogens (tertiary/aromatic N) is 1. The van der Waals surface area contributed by atoms with Crippen molar-refractivity contribution in [1.29, 1.82) is 0 Å². The van der Waals surface area contributed by atoms with E-state index in [1.807, 2.05) is 0 Å². The lowest BCUT2D eigenvalue weighted by Crippen LogP contribution is -2.28. The number of carbonyl (C=O) groups excluding carboxylic acids is 1. The minimum atomic E-state index is -1.08. The van der Waals surface area contributed by atoms with Crippen LogP contribution in [0.5, 0.6) is 5.75 Å². The van der Waals surface area contributed by atoms with Gasteiger partial charge >= 0.3 is 5.97 Å². The molecule has 1 rings (SSSR count). The van der Waals surface area contributed by atoms with Gasteiger partial charge in [0, 0.05) is 0 Å². The Hall–Kier alpha value is -2.04. The second-order valence-electron chi connectivity index (χ2n) is 2.80. The molecule has 0 saturated carbocycles. The summed E-state index contributed by atoms with van der Waals surface area (Å²) in [6, 6.07) is 6.73. The highest BCUT2D eigenvalue weighted by Gasteiger charge is 2.13. The number of amides is 1. The molecule has 0 heterocycles. The van der Waals surface area contributed by atoms with Crippen molar-refractivity contribution < 1.29 is 19.4 Å². The predicted molar refractivity (Wildman–Crippen MR) is 54.0 cm³/mol. The fraction of sp³-hybridized carbons (Fsp3) is 0.200. The van der Waals surface area contributed by atoms with Gasteiger partial charge in [-0.05, 0) is 12.1 Å². The smallest absolute Gasteiger partial charge is 0.323 e. The van der Waals surface area contributed by atoms with E-state index >= 15 is 0 Å². The lowest BCUT2D eigenvalue weighted by molar-refractivity contribution is -0.136. The van der Waals surface area contributed by atoms with Crippen molar-refractivity contribution in [1.82, 2.24) is 0 Å². The monoisotopic (exact) mass is 209 g/mol. The van der Waals surface area contributed by atoms with Gasteiger partial charge in [-0.15, -0.1) is 0 Å². The maximum absolute atomic E-state index is 10.7. The Morgan fingerprint density at radius 2 is 2.20 bits per heavy atom. The van der Waals surface area contributed by atoms with E-state index in [1.54, 1.807) is 24.3 Å². The quantitative estimate of drug-likeness (QED) is 0.726. The van der Waals surface area contributed by atoms with Gasteiger partial charge < -0.3 is 14.7 Å². The number of aliphatic carboxylic acids is 1. The normalized spacial score (nSPS) is 9.40. The van der Waals surface area contributed by atoms with Crippen LogP contribution in [0.3, 0.4) is 0 Å². The average Bonchev–Trinajstić information content (AvgIpc) is 2.25. The van der Waals surface area contributed by atoms with Gasteiger partial charge in [-0.25, -0.2) is 0 Å². The number of ether oxygens (including phenoxy) is 1.